The summed E-state index contributed by atoms with van der Waals surface area (Å²) in [5.41, 5.74) is 0.204. The van der Waals surface area contributed by atoms with Crippen molar-refractivity contribution in [1.29, 1.82) is 0 Å². The van der Waals surface area contributed by atoms with E-state index in [2.05, 4.69) is 26.1 Å². The number of rotatable bonds is 8. The Morgan fingerprint density at radius 3 is 2.43 bits per heavy atom. The van der Waals surface area contributed by atoms with Crippen molar-refractivity contribution in [2.75, 3.05) is 26.9 Å². The van der Waals surface area contributed by atoms with Gasteiger partial charge in [-0.15, -0.1) is 0 Å². The molecule has 1 aromatic carbocycles. The molecule has 0 aliphatic heterocycles. The van der Waals surface area contributed by atoms with Crippen molar-refractivity contribution < 1.29 is 14.2 Å². The average Bonchev–Trinajstić information content (AvgIpc) is 2.50. The number of benzene rings is 1. The average molecular weight is 293 g/mol. The molecule has 1 aliphatic carbocycles. The van der Waals surface area contributed by atoms with E-state index in [-0.39, 0.29) is 5.41 Å². The van der Waals surface area contributed by atoms with Crippen molar-refractivity contribution in [1.82, 2.24) is 5.32 Å². The number of nitrogens with one attached hydrogen (secondary N) is 1. The molecule has 0 bridgehead atoms. The number of methoxy groups -OCH3 is 1. The van der Waals surface area contributed by atoms with Crippen LogP contribution in [-0.4, -0.2) is 39.0 Å². The van der Waals surface area contributed by atoms with E-state index in [0.29, 0.717) is 18.8 Å². The lowest BCUT2D eigenvalue weighted by Crippen LogP contribution is -2.61. The van der Waals surface area contributed by atoms with E-state index in [1.165, 1.54) is 0 Å². The van der Waals surface area contributed by atoms with E-state index >= 15 is 0 Å². The second kappa shape index (κ2) is 7.14. The fourth-order valence-electron chi connectivity index (χ4n) is 2.79. The molecule has 118 valence electrons. The Hall–Kier alpha value is -1.26. The Balaban J connectivity index is 1.66. The molecular weight excluding hydrogens is 266 g/mol. The van der Waals surface area contributed by atoms with Gasteiger partial charge in [0.25, 0.3) is 0 Å². The van der Waals surface area contributed by atoms with Crippen LogP contribution in [0.25, 0.3) is 0 Å². The van der Waals surface area contributed by atoms with Crippen LogP contribution >= 0.6 is 0 Å². The summed E-state index contributed by atoms with van der Waals surface area (Å²) in [6.07, 6.45) is 1.46. The van der Waals surface area contributed by atoms with Gasteiger partial charge in [-0.3, -0.25) is 0 Å². The summed E-state index contributed by atoms with van der Waals surface area (Å²) in [5, 5.41) is 3.56. The predicted molar refractivity (Wildman–Crippen MR) is 84.1 cm³/mol. The third-order valence-corrected chi connectivity index (χ3v) is 4.37. The summed E-state index contributed by atoms with van der Waals surface area (Å²) < 4.78 is 16.6. The molecule has 1 saturated carbocycles. The quantitative estimate of drug-likeness (QED) is 0.748. The minimum absolute atomic E-state index is 0.204. The maximum Gasteiger partial charge on any atom is 0.119 e. The van der Waals surface area contributed by atoms with Gasteiger partial charge < -0.3 is 19.5 Å². The molecule has 0 aromatic heterocycles. The zero-order valence-corrected chi connectivity index (χ0v) is 13.5. The standard InChI is InChI=1S/C17H27NO3/c1-5-20-16-12-15(17(16,2)3)18-10-11-21-14-8-6-13(19-4)7-9-14/h6-9,15-16,18H,5,10-12H2,1-4H3. The van der Waals surface area contributed by atoms with E-state index < -0.39 is 0 Å². The topological polar surface area (TPSA) is 39.7 Å². The van der Waals surface area contributed by atoms with Crippen LogP contribution < -0.4 is 14.8 Å². The monoisotopic (exact) mass is 293 g/mol. The van der Waals surface area contributed by atoms with E-state index in [1.54, 1.807) is 7.11 Å². The molecule has 2 atom stereocenters. The molecule has 0 saturated heterocycles. The molecule has 0 amide bonds. The van der Waals surface area contributed by atoms with Gasteiger partial charge in [-0.1, -0.05) is 13.8 Å². The van der Waals surface area contributed by atoms with Gasteiger partial charge in [0.15, 0.2) is 0 Å². The molecule has 0 spiro atoms. The summed E-state index contributed by atoms with van der Waals surface area (Å²) in [4.78, 5) is 0. The Labute approximate surface area is 127 Å². The molecule has 0 heterocycles. The number of hydrogen-bond acceptors (Lipinski definition) is 4. The molecule has 1 aromatic rings. The van der Waals surface area contributed by atoms with Crippen molar-refractivity contribution in [2.45, 2.75) is 39.3 Å². The Bertz CT molecular complexity index is 430. The van der Waals surface area contributed by atoms with E-state index in [9.17, 15) is 0 Å². The summed E-state index contributed by atoms with van der Waals surface area (Å²) in [6.45, 7) is 8.88. The van der Waals surface area contributed by atoms with Gasteiger partial charge in [0.2, 0.25) is 0 Å². The van der Waals surface area contributed by atoms with Gasteiger partial charge >= 0.3 is 0 Å². The lowest BCUT2D eigenvalue weighted by molar-refractivity contribution is -0.114. The van der Waals surface area contributed by atoms with Crippen LogP contribution in [-0.2, 0) is 4.74 Å². The lowest BCUT2D eigenvalue weighted by Gasteiger charge is -2.51. The fraction of sp³-hybridized carbons (Fsp3) is 0.647. The fourth-order valence-corrected chi connectivity index (χ4v) is 2.79. The second-order valence-corrected chi connectivity index (χ2v) is 6.03. The molecule has 1 aliphatic rings. The van der Waals surface area contributed by atoms with Crippen LogP contribution in [0, 0.1) is 5.41 Å². The molecule has 4 heteroatoms. The minimum atomic E-state index is 0.204. The molecular formula is C17H27NO3. The molecule has 21 heavy (non-hydrogen) atoms. The first-order valence-corrected chi connectivity index (χ1v) is 7.69. The highest BCUT2D eigenvalue weighted by atomic mass is 16.5. The summed E-state index contributed by atoms with van der Waals surface area (Å²) >= 11 is 0. The minimum Gasteiger partial charge on any atom is -0.497 e. The van der Waals surface area contributed by atoms with Crippen LogP contribution in [0.4, 0.5) is 0 Å². The third kappa shape index (κ3) is 3.89. The Morgan fingerprint density at radius 2 is 1.86 bits per heavy atom. The van der Waals surface area contributed by atoms with Gasteiger partial charge in [0.05, 0.1) is 13.2 Å². The highest BCUT2D eigenvalue weighted by molar-refractivity contribution is 5.31. The van der Waals surface area contributed by atoms with Gasteiger partial charge in [-0.2, -0.15) is 0 Å². The van der Waals surface area contributed by atoms with Crippen molar-refractivity contribution in [3.8, 4) is 11.5 Å². The van der Waals surface area contributed by atoms with Crippen LogP contribution in [0.1, 0.15) is 27.2 Å². The normalized spacial score (nSPS) is 23.4. The summed E-state index contributed by atoms with van der Waals surface area (Å²) in [5.74, 6) is 1.72. The smallest absolute Gasteiger partial charge is 0.119 e. The van der Waals surface area contributed by atoms with E-state index in [0.717, 1.165) is 31.1 Å². The van der Waals surface area contributed by atoms with Crippen LogP contribution in [0.2, 0.25) is 0 Å². The highest BCUT2D eigenvalue weighted by Gasteiger charge is 2.48. The highest BCUT2D eigenvalue weighted by Crippen LogP contribution is 2.42. The Morgan fingerprint density at radius 1 is 1.19 bits per heavy atom. The zero-order valence-electron chi connectivity index (χ0n) is 13.5. The molecule has 1 N–H and O–H groups in total. The third-order valence-electron chi connectivity index (χ3n) is 4.37. The number of hydrogen-bond donors (Lipinski definition) is 1. The first-order chi connectivity index (χ1) is 10.1. The van der Waals surface area contributed by atoms with Crippen LogP contribution in [0.3, 0.4) is 0 Å². The maximum atomic E-state index is 5.74. The Kier molecular flexibility index (Phi) is 5.48. The van der Waals surface area contributed by atoms with Crippen molar-refractivity contribution in [2.24, 2.45) is 5.41 Å². The molecule has 2 rings (SSSR count). The first-order valence-electron chi connectivity index (χ1n) is 7.69. The van der Waals surface area contributed by atoms with Crippen LogP contribution in [0.5, 0.6) is 11.5 Å². The zero-order chi connectivity index (χ0) is 15.3. The number of ether oxygens (including phenoxy) is 3. The van der Waals surface area contributed by atoms with Gasteiger partial charge in [-0.05, 0) is 37.6 Å². The van der Waals surface area contributed by atoms with Crippen molar-refractivity contribution >= 4 is 0 Å². The second-order valence-electron chi connectivity index (χ2n) is 6.03. The predicted octanol–water partition coefficient (Wildman–Crippen LogP) is 2.87. The first kappa shape index (κ1) is 16.1. The lowest BCUT2D eigenvalue weighted by atomic mass is 9.64. The van der Waals surface area contributed by atoms with Crippen molar-refractivity contribution in [3.05, 3.63) is 24.3 Å². The largest absolute Gasteiger partial charge is 0.497 e. The SMILES string of the molecule is CCOC1CC(NCCOc2ccc(OC)cc2)C1(C)C. The molecule has 2 unspecified atom stereocenters. The maximum absolute atomic E-state index is 5.74. The van der Waals surface area contributed by atoms with E-state index in [1.807, 2.05) is 24.3 Å². The van der Waals surface area contributed by atoms with Gasteiger partial charge in [0.1, 0.15) is 18.1 Å². The van der Waals surface area contributed by atoms with Gasteiger partial charge in [0, 0.05) is 24.6 Å². The van der Waals surface area contributed by atoms with Crippen LogP contribution in [0.15, 0.2) is 24.3 Å². The molecule has 0 radical (unpaired) electrons. The summed E-state index contributed by atoms with van der Waals surface area (Å²) in [6, 6.07) is 8.18. The van der Waals surface area contributed by atoms with Gasteiger partial charge in [-0.25, -0.2) is 0 Å². The van der Waals surface area contributed by atoms with E-state index in [4.69, 9.17) is 14.2 Å². The summed E-state index contributed by atoms with van der Waals surface area (Å²) in [7, 11) is 1.66. The molecule has 4 nitrogen and oxygen atoms in total. The van der Waals surface area contributed by atoms with Crippen molar-refractivity contribution in [3.63, 3.8) is 0 Å². The molecule has 1 fully saturated rings.